The molecule has 3 heterocycles. The van der Waals surface area contributed by atoms with E-state index in [9.17, 15) is 0 Å². The van der Waals surface area contributed by atoms with Gasteiger partial charge in [-0.05, 0) is 61.8 Å². The van der Waals surface area contributed by atoms with Gasteiger partial charge >= 0.3 is 0 Å². The second-order valence-corrected chi connectivity index (χ2v) is 7.23. The molecule has 2 atom stereocenters. The quantitative estimate of drug-likeness (QED) is 0.928. The predicted molar refractivity (Wildman–Crippen MR) is 84.1 cm³/mol. The minimum Gasteiger partial charge on any atom is -0.375 e. The Labute approximate surface area is 125 Å². The average Bonchev–Trinajstić information content (AvgIpc) is 2.49. The van der Waals surface area contributed by atoms with Crippen LogP contribution in [0.15, 0.2) is 24.5 Å². The van der Waals surface area contributed by atoms with Crippen molar-refractivity contribution in [3.05, 3.63) is 30.1 Å². The molecular weight excluding hydrogens is 268 g/mol. The molecule has 3 nitrogen and oxygen atoms in total. The summed E-state index contributed by atoms with van der Waals surface area (Å²) in [5.74, 6) is 2.51. The van der Waals surface area contributed by atoms with E-state index in [-0.39, 0.29) is 5.60 Å². The Hall–Kier alpha value is -0.580. The zero-order chi connectivity index (χ0) is 13.8. The third-order valence-electron chi connectivity index (χ3n) is 4.59. The van der Waals surface area contributed by atoms with Crippen molar-refractivity contribution < 1.29 is 4.74 Å². The Morgan fingerprint density at radius 3 is 2.85 bits per heavy atom. The van der Waals surface area contributed by atoms with Gasteiger partial charge in [0.25, 0.3) is 0 Å². The molecule has 1 unspecified atom stereocenters. The van der Waals surface area contributed by atoms with Crippen molar-refractivity contribution >= 4 is 11.8 Å². The fourth-order valence-electron chi connectivity index (χ4n) is 3.36. The van der Waals surface area contributed by atoms with Gasteiger partial charge in [-0.2, -0.15) is 11.8 Å². The molecule has 110 valence electrons. The number of hydrogen-bond donors (Lipinski definition) is 1. The van der Waals surface area contributed by atoms with E-state index in [1.54, 1.807) is 0 Å². The Kier molecular flexibility index (Phi) is 4.64. The summed E-state index contributed by atoms with van der Waals surface area (Å²) in [6, 6.07) is 5.17. The van der Waals surface area contributed by atoms with E-state index in [0.717, 1.165) is 13.0 Å². The Morgan fingerprint density at radius 2 is 2.10 bits per heavy atom. The van der Waals surface area contributed by atoms with Gasteiger partial charge in [0.05, 0.1) is 5.60 Å². The topological polar surface area (TPSA) is 34.1 Å². The summed E-state index contributed by atoms with van der Waals surface area (Å²) in [7, 11) is 0. The molecule has 0 radical (unpaired) electrons. The smallest absolute Gasteiger partial charge is 0.0713 e. The van der Waals surface area contributed by atoms with Crippen molar-refractivity contribution in [3.63, 3.8) is 0 Å². The van der Waals surface area contributed by atoms with Crippen molar-refractivity contribution in [1.29, 1.82) is 0 Å². The zero-order valence-corrected chi connectivity index (χ0v) is 13.0. The first-order valence-corrected chi connectivity index (χ1v) is 8.81. The highest BCUT2D eigenvalue weighted by atomic mass is 32.2. The fourth-order valence-corrected chi connectivity index (χ4v) is 4.60. The largest absolute Gasteiger partial charge is 0.375 e. The Balaban J connectivity index is 1.60. The van der Waals surface area contributed by atoms with Gasteiger partial charge in [0.1, 0.15) is 0 Å². The third kappa shape index (κ3) is 3.35. The Bertz CT molecular complexity index is 414. The summed E-state index contributed by atoms with van der Waals surface area (Å²) < 4.78 is 6.16. The van der Waals surface area contributed by atoms with Crippen LogP contribution in [-0.2, 0) is 4.74 Å². The van der Waals surface area contributed by atoms with E-state index in [1.165, 1.54) is 36.3 Å². The van der Waals surface area contributed by atoms with Gasteiger partial charge < -0.3 is 10.1 Å². The van der Waals surface area contributed by atoms with Gasteiger partial charge in [-0.1, -0.05) is 0 Å². The lowest BCUT2D eigenvalue weighted by Crippen LogP contribution is -2.49. The molecule has 0 amide bonds. The average molecular weight is 292 g/mol. The molecule has 3 rings (SSSR count). The number of hydrogen-bond acceptors (Lipinski definition) is 4. The number of nitrogens with one attached hydrogen (secondary N) is 1. The molecule has 0 aliphatic carbocycles. The van der Waals surface area contributed by atoms with Crippen LogP contribution in [-0.4, -0.2) is 34.7 Å². The minimum absolute atomic E-state index is 0.166. The summed E-state index contributed by atoms with van der Waals surface area (Å²) in [5.41, 5.74) is 1.49. The van der Waals surface area contributed by atoms with E-state index < -0.39 is 0 Å². The molecule has 4 heteroatoms. The highest BCUT2D eigenvalue weighted by Crippen LogP contribution is 2.37. The predicted octanol–water partition coefficient (Wildman–Crippen LogP) is 3.18. The number of pyridine rings is 1. The molecule has 0 saturated carbocycles. The molecule has 2 aliphatic heterocycles. The highest BCUT2D eigenvalue weighted by Gasteiger charge is 2.38. The summed E-state index contributed by atoms with van der Waals surface area (Å²) in [4.78, 5) is 4.09. The molecule has 2 saturated heterocycles. The number of nitrogens with zero attached hydrogens (tertiary/aromatic N) is 1. The maximum atomic E-state index is 6.16. The first-order valence-electron chi connectivity index (χ1n) is 7.65. The Morgan fingerprint density at radius 1 is 1.35 bits per heavy atom. The van der Waals surface area contributed by atoms with Crippen LogP contribution in [0.5, 0.6) is 0 Å². The molecule has 0 aromatic carbocycles. The number of aromatic nitrogens is 1. The van der Waals surface area contributed by atoms with Crippen LogP contribution in [0, 0.1) is 0 Å². The summed E-state index contributed by atoms with van der Waals surface area (Å²) in [6.07, 6.45) is 8.49. The first-order chi connectivity index (χ1) is 9.77. The van der Waals surface area contributed by atoms with Crippen LogP contribution in [0.25, 0.3) is 0 Å². The maximum absolute atomic E-state index is 6.16. The zero-order valence-electron chi connectivity index (χ0n) is 12.2. The van der Waals surface area contributed by atoms with Gasteiger partial charge in [-0.15, -0.1) is 0 Å². The van der Waals surface area contributed by atoms with Crippen molar-refractivity contribution in [3.8, 4) is 0 Å². The van der Waals surface area contributed by atoms with Crippen LogP contribution in [0.3, 0.4) is 0 Å². The van der Waals surface area contributed by atoms with Crippen LogP contribution in [0.2, 0.25) is 0 Å². The van der Waals surface area contributed by atoms with Crippen LogP contribution in [0.4, 0.5) is 0 Å². The van der Waals surface area contributed by atoms with Crippen molar-refractivity contribution in [2.75, 3.05) is 18.1 Å². The van der Waals surface area contributed by atoms with Gasteiger partial charge in [0, 0.05) is 31.1 Å². The van der Waals surface area contributed by atoms with Crippen molar-refractivity contribution in [1.82, 2.24) is 10.3 Å². The van der Waals surface area contributed by atoms with E-state index in [0.29, 0.717) is 12.1 Å². The minimum atomic E-state index is 0.166. The molecule has 20 heavy (non-hydrogen) atoms. The second-order valence-electron chi connectivity index (χ2n) is 6.00. The van der Waals surface area contributed by atoms with Crippen LogP contribution in [0.1, 0.15) is 44.2 Å². The van der Waals surface area contributed by atoms with Crippen LogP contribution >= 0.6 is 11.8 Å². The highest BCUT2D eigenvalue weighted by molar-refractivity contribution is 7.99. The number of rotatable bonds is 3. The van der Waals surface area contributed by atoms with Gasteiger partial charge in [-0.25, -0.2) is 0 Å². The lowest BCUT2D eigenvalue weighted by Gasteiger charge is -2.44. The standard InChI is InChI=1S/C16H24N2OS/c1-13(14-2-7-17-8-3-14)18-15-4-9-19-16(12-15)5-10-20-11-6-16/h2-3,7-8,13,15,18H,4-6,9-12H2,1H3/t13-,15?/m1/s1. The molecule has 1 spiro atoms. The molecule has 1 aromatic heterocycles. The van der Waals surface area contributed by atoms with Gasteiger partial charge in [0.2, 0.25) is 0 Å². The van der Waals surface area contributed by atoms with Crippen molar-refractivity contribution in [2.24, 2.45) is 0 Å². The summed E-state index contributed by atoms with van der Waals surface area (Å²) >= 11 is 2.07. The van der Waals surface area contributed by atoms with E-state index in [2.05, 4.69) is 41.1 Å². The summed E-state index contributed by atoms with van der Waals surface area (Å²) in [6.45, 7) is 3.15. The normalized spacial score (nSPS) is 27.4. The van der Waals surface area contributed by atoms with E-state index >= 15 is 0 Å². The molecule has 2 aliphatic rings. The first kappa shape index (κ1) is 14.4. The molecular formula is C16H24N2OS. The monoisotopic (exact) mass is 292 g/mol. The van der Waals surface area contributed by atoms with E-state index in [4.69, 9.17) is 4.74 Å². The van der Waals surface area contributed by atoms with Crippen LogP contribution < -0.4 is 5.32 Å². The number of ether oxygens (including phenoxy) is 1. The SMILES string of the molecule is C[C@@H](NC1CCOC2(CCSCC2)C1)c1ccncc1. The maximum Gasteiger partial charge on any atom is 0.0713 e. The van der Waals surface area contributed by atoms with Gasteiger partial charge in [0.15, 0.2) is 0 Å². The fraction of sp³-hybridized carbons (Fsp3) is 0.688. The lowest BCUT2D eigenvalue weighted by molar-refractivity contribution is -0.0940. The molecule has 2 fully saturated rings. The molecule has 1 N–H and O–H groups in total. The molecule has 0 bridgehead atoms. The lowest BCUT2D eigenvalue weighted by atomic mass is 9.85. The third-order valence-corrected chi connectivity index (χ3v) is 5.57. The number of thioether (sulfide) groups is 1. The van der Waals surface area contributed by atoms with E-state index in [1.807, 2.05) is 12.4 Å². The van der Waals surface area contributed by atoms with Crippen molar-refractivity contribution in [2.45, 2.75) is 50.3 Å². The molecule has 1 aromatic rings. The second kappa shape index (κ2) is 6.46. The van der Waals surface area contributed by atoms with Gasteiger partial charge in [-0.3, -0.25) is 4.98 Å². The summed E-state index contributed by atoms with van der Waals surface area (Å²) in [5, 5.41) is 3.79.